The molecule has 0 spiro atoms. The summed E-state index contributed by atoms with van der Waals surface area (Å²) < 4.78 is 10.8. The summed E-state index contributed by atoms with van der Waals surface area (Å²) >= 11 is 0. The van der Waals surface area contributed by atoms with Crippen molar-refractivity contribution in [3.05, 3.63) is 59.9 Å². The lowest BCUT2D eigenvalue weighted by molar-refractivity contribution is -0.152. The van der Waals surface area contributed by atoms with E-state index >= 15 is 0 Å². The number of carbonyl (C=O) groups is 3. The van der Waals surface area contributed by atoms with Crippen LogP contribution < -0.4 is 10.6 Å². The summed E-state index contributed by atoms with van der Waals surface area (Å²) in [4.78, 5) is 35.7. The zero-order chi connectivity index (χ0) is 21.7. The van der Waals surface area contributed by atoms with Gasteiger partial charge in [-0.25, -0.2) is 0 Å². The van der Waals surface area contributed by atoms with Gasteiger partial charge in [-0.15, -0.1) is 0 Å². The number of anilines is 2. The van der Waals surface area contributed by atoms with Gasteiger partial charge in [-0.1, -0.05) is 19.1 Å². The van der Waals surface area contributed by atoms with E-state index in [0.29, 0.717) is 11.4 Å². The largest absolute Gasteiger partial charge is 0.464 e. The van der Waals surface area contributed by atoms with Gasteiger partial charge in [0.05, 0.1) is 12.7 Å². The first-order chi connectivity index (χ1) is 14.4. The van der Waals surface area contributed by atoms with Crippen LogP contribution in [0.15, 0.2) is 53.1 Å². The van der Waals surface area contributed by atoms with Crippen LogP contribution in [-0.2, 0) is 32.0 Å². The van der Waals surface area contributed by atoms with Gasteiger partial charge in [-0.05, 0) is 49.2 Å². The minimum Gasteiger partial charge on any atom is -0.464 e. The van der Waals surface area contributed by atoms with E-state index in [2.05, 4.69) is 17.6 Å². The Bertz CT molecular complexity index is 1070. The third-order valence-electron chi connectivity index (χ3n) is 4.61. The van der Waals surface area contributed by atoms with Crippen molar-refractivity contribution in [3.8, 4) is 0 Å². The number of aryl methyl sites for hydroxylation is 1. The number of esters is 1. The fourth-order valence-corrected chi connectivity index (χ4v) is 3.02. The zero-order valence-corrected chi connectivity index (χ0v) is 17.2. The maximum atomic E-state index is 12.3. The topological polar surface area (TPSA) is 97.6 Å². The fraction of sp³-hybridized carbons (Fsp3) is 0.261. The van der Waals surface area contributed by atoms with Crippen molar-refractivity contribution >= 4 is 40.1 Å². The predicted octanol–water partition coefficient (Wildman–Crippen LogP) is 4.07. The molecule has 1 heterocycles. The molecule has 0 unspecified atom stereocenters. The molecule has 7 nitrogen and oxygen atoms in total. The highest BCUT2D eigenvalue weighted by molar-refractivity contribution is 5.96. The van der Waals surface area contributed by atoms with Crippen LogP contribution in [0.3, 0.4) is 0 Å². The van der Waals surface area contributed by atoms with Crippen molar-refractivity contribution in [2.45, 2.75) is 39.7 Å². The number of amides is 2. The summed E-state index contributed by atoms with van der Waals surface area (Å²) in [5, 5.41) is 6.19. The molecule has 1 aromatic heterocycles. The first-order valence-electron chi connectivity index (χ1n) is 9.72. The molecular weight excluding hydrogens is 384 g/mol. The normalized spacial score (nSPS) is 11.7. The van der Waals surface area contributed by atoms with Crippen molar-refractivity contribution in [1.29, 1.82) is 0 Å². The van der Waals surface area contributed by atoms with Gasteiger partial charge in [0.1, 0.15) is 5.58 Å². The molecule has 0 aliphatic carbocycles. The van der Waals surface area contributed by atoms with Gasteiger partial charge in [0.25, 0.3) is 5.91 Å². The molecule has 7 heteroatoms. The molecule has 156 valence electrons. The van der Waals surface area contributed by atoms with Gasteiger partial charge >= 0.3 is 5.97 Å². The lowest BCUT2D eigenvalue weighted by atomic mass is 10.1. The van der Waals surface area contributed by atoms with Crippen LogP contribution >= 0.6 is 0 Å². The second-order valence-electron chi connectivity index (χ2n) is 7.00. The average molecular weight is 408 g/mol. The van der Waals surface area contributed by atoms with Crippen LogP contribution in [0.2, 0.25) is 0 Å². The first-order valence-corrected chi connectivity index (χ1v) is 9.72. The predicted molar refractivity (Wildman–Crippen MR) is 114 cm³/mol. The molecule has 0 aliphatic heterocycles. The zero-order valence-electron chi connectivity index (χ0n) is 17.2. The Morgan fingerprint density at radius 1 is 1.03 bits per heavy atom. The second-order valence-corrected chi connectivity index (χ2v) is 7.00. The summed E-state index contributed by atoms with van der Waals surface area (Å²) in [6.07, 6.45) is 1.50. The van der Waals surface area contributed by atoms with Crippen molar-refractivity contribution in [3.63, 3.8) is 0 Å². The van der Waals surface area contributed by atoms with Gasteiger partial charge in [-0.3, -0.25) is 14.4 Å². The number of furan rings is 1. The van der Waals surface area contributed by atoms with E-state index in [4.69, 9.17) is 9.15 Å². The fourth-order valence-electron chi connectivity index (χ4n) is 3.02. The summed E-state index contributed by atoms with van der Waals surface area (Å²) in [6.45, 7) is 4.99. The minimum absolute atomic E-state index is 0.0154. The molecule has 1 atom stereocenters. The summed E-state index contributed by atoms with van der Waals surface area (Å²) in [6, 6.07) is 12.5. The van der Waals surface area contributed by atoms with E-state index in [0.717, 1.165) is 28.5 Å². The van der Waals surface area contributed by atoms with E-state index in [1.807, 2.05) is 18.2 Å². The number of ether oxygens (including phenoxy) is 1. The third-order valence-corrected chi connectivity index (χ3v) is 4.61. The molecule has 0 bridgehead atoms. The van der Waals surface area contributed by atoms with Crippen LogP contribution in [-0.4, -0.2) is 23.9 Å². The Morgan fingerprint density at radius 3 is 2.33 bits per heavy atom. The molecule has 30 heavy (non-hydrogen) atoms. The molecule has 0 aliphatic rings. The van der Waals surface area contributed by atoms with E-state index in [1.54, 1.807) is 30.5 Å². The minimum atomic E-state index is -0.961. The monoisotopic (exact) mass is 408 g/mol. The van der Waals surface area contributed by atoms with Crippen LogP contribution in [0.5, 0.6) is 0 Å². The highest BCUT2D eigenvalue weighted by atomic mass is 16.5. The number of benzene rings is 2. The molecule has 0 fully saturated rings. The van der Waals surface area contributed by atoms with Crippen LogP contribution in [0.1, 0.15) is 31.9 Å². The average Bonchev–Trinajstić information content (AvgIpc) is 3.10. The SMILES string of the molecule is CCc1ccc2c(CC(=O)O[C@H](C)C(=O)Nc3ccc(NC(C)=O)cc3)coc2c1. The molecule has 0 saturated carbocycles. The van der Waals surface area contributed by atoms with Crippen LogP contribution in [0.4, 0.5) is 11.4 Å². The molecular formula is C23H24N2O5. The number of nitrogens with one attached hydrogen (secondary N) is 2. The number of rotatable bonds is 7. The Morgan fingerprint density at radius 2 is 1.70 bits per heavy atom. The molecule has 0 radical (unpaired) electrons. The molecule has 2 amide bonds. The lowest BCUT2D eigenvalue weighted by Crippen LogP contribution is -2.30. The van der Waals surface area contributed by atoms with Crippen molar-refractivity contribution in [2.24, 2.45) is 0 Å². The number of carbonyl (C=O) groups excluding carboxylic acids is 3. The van der Waals surface area contributed by atoms with Gasteiger partial charge in [-0.2, -0.15) is 0 Å². The Hall–Kier alpha value is -3.61. The maximum absolute atomic E-state index is 12.3. The Balaban J connectivity index is 1.56. The van der Waals surface area contributed by atoms with Gasteiger partial charge in [0.2, 0.25) is 5.91 Å². The quantitative estimate of drug-likeness (QED) is 0.575. The lowest BCUT2D eigenvalue weighted by Gasteiger charge is -2.13. The smallest absolute Gasteiger partial charge is 0.311 e. The molecule has 3 rings (SSSR count). The Labute approximate surface area is 174 Å². The van der Waals surface area contributed by atoms with Gasteiger partial charge < -0.3 is 19.8 Å². The standard InChI is InChI=1S/C23H24N2O5/c1-4-16-5-10-20-17(13-29-21(20)11-16)12-22(27)30-14(2)23(28)25-19-8-6-18(7-9-19)24-15(3)26/h5-11,13-14H,4,12H2,1-3H3,(H,24,26)(H,25,28)/t14-/m1/s1. The van der Waals surface area contributed by atoms with Crippen LogP contribution in [0, 0.1) is 0 Å². The highest BCUT2D eigenvalue weighted by Gasteiger charge is 2.19. The molecule has 0 saturated heterocycles. The summed E-state index contributed by atoms with van der Waals surface area (Å²) in [5.41, 5.74) is 3.76. The third kappa shape index (κ3) is 5.26. The highest BCUT2D eigenvalue weighted by Crippen LogP contribution is 2.23. The van der Waals surface area contributed by atoms with Crippen molar-refractivity contribution in [1.82, 2.24) is 0 Å². The van der Waals surface area contributed by atoms with Crippen molar-refractivity contribution in [2.75, 3.05) is 10.6 Å². The maximum Gasteiger partial charge on any atom is 0.311 e. The summed E-state index contributed by atoms with van der Waals surface area (Å²) in [5.74, 6) is -1.13. The van der Waals surface area contributed by atoms with E-state index in [9.17, 15) is 14.4 Å². The number of hydrogen-bond acceptors (Lipinski definition) is 5. The first kappa shape index (κ1) is 21.1. The van der Waals surface area contributed by atoms with Crippen LogP contribution in [0.25, 0.3) is 11.0 Å². The van der Waals surface area contributed by atoms with Gasteiger partial charge in [0.15, 0.2) is 6.10 Å². The Kier molecular flexibility index (Phi) is 6.51. The van der Waals surface area contributed by atoms with E-state index in [-0.39, 0.29) is 12.3 Å². The molecule has 3 aromatic rings. The van der Waals surface area contributed by atoms with E-state index in [1.165, 1.54) is 13.8 Å². The molecule has 2 aromatic carbocycles. The summed E-state index contributed by atoms with van der Waals surface area (Å²) in [7, 11) is 0. The molecule has 2 N–H and O–H groups in total. The number of fused-ring (bicyclic) bond motifs is 1. The number of hydrogen-bond donors (Lipinski definition) is 2. The van der Waals surface area contributed by atoms with E-state index < -0.39 is 18.0 Å². The van der Waals surface area contributed by atoms with Gasteiger partial charge in [0, 0.05) is 29.2 Å². The van der Waals surface area contributed by atoms with Crippen molar-refractivity contribution < 1.29 is 23.5 Å². The second kappa shape index (κ2) is 9.26.